The molecule has 2 saturated heterocycles. The fourth-order valence-electron chi connectivity index (χ4n) is 8.00. The van der Waals surface area contributed by atoms with E-state index < -0.39 is 12.0 Å². The number of ether oxygens (including phenoxy) is 2. The molecule has 11 heteroatoms. The highest BCUT2D eigenvalue weighted by atomic mass is 35.5. The van der Waals surface area contributed by atoms with E-state index in [4.69, 9.17) is 31.0 Å². The van der Waals surface area contributed by atoms with Crippen molar-refractivity contribution in [2.45, 2.75) is 75.0 Å². The summed E-state index contributed by atoms with van der Waals surface area (Å²) in [7, 11) is 1.98. The van der Waals surface area contributed by atoms with Gasteiger partial charge in [-0.2, -0.15) is 9.97 Å². The lowest BCUT2D eigenvalue weighted by Gasteiger charge is -2.34. The number of alkyl halides is 1. The third-order valence-electron chi connectivity index (χ3n) is 10.2. The summed E-state index contributed by atoms with van der Waals surface area (Å²) >= 11 is 6.59. The Labute approximate surface area is 248 Å². The van der Waals surface area contributed by atoms with Gasteiger partial charge in [0.1, 0.15) is 40.9 Å². The van der Waals surface area contributed by atoms with Crippen LogP contribution in [0.2, 0.25) is 5.02 Å². The van der Waals surface area contributed by atoms with Crippen molar-refractivity contribution in [2.24, 2.45) is 5.92 Å². The number of fused-ring (bicyclic) bond motifs is 2. The summed E-state index contributed by atoms with van der Waals surface area (Å²) in [4.78, 5) is 18.5. The third kappa shape index (κ3) is 4.19. The Morgan fingerprint density at radius 3 is 2.86 bits per heavy atom. The average molecular weight is 598 g/mol. The number of pyridine rings is 1. The van der Waals surface area contributed by atoms with Crippen molar-refractivity contribution in [1.29, 1.82) is 0 Å². The number of hydrogen-bond acceptors (Lipinski definition) is 8. The Morgan fingerprint density at radius 1 is 1.17 bits per heavy atom. The average Bonchev–Trinajstić information content (AvgIpc) is 3.41. The number of hydrogen-bond donors (Lipinski definition) is 1. The number of anilines is 1. The monoisotopic (exact) mass is 597 g/mol. The zero-order chi connectivity index (χ0) is 28.7. The van der Waals surface area contributed by atoms with Crippen LogP contribution in [0, 0.1) is 11.7 Å². The zero-order valence-corrected chi connectivity index (χ0v) is 24.3. The summed E-state index contributed by atoms with van der Waals surface area (Å²) in [5.74, 6) is 0.531. The number of benzene rings is 1. The summed E-state index contributed by atoms with van der Waals surface area (Å²) in [5, 5.41) is 11.2. The molecule has 0 amide bonds. The van der Waals surface area contributed by atoms with E-state index in [1.807, 2.05) is 7.05 Å². The van der Waals surface area contributed by atoms with Gasteiger partial charge in [-0.05, 0) is 68.7 Å². The minimum Gasteiger partial charge on any atom is -0.508 e. The van der Waals surface area contributed by atoms with Crippen molar-refractivity contribution in [3.05, 3.63) is 28.5 Å². The van der Waals surface area contributed by atoms with Crippen molar-refractivity contribution >= 4 is 28.3 Å². The Kier molecular flexibility index (Phi) is 6.20. The highest BCUT2D eigenvalue weighted by Gasteiger charge is 2.49. The van der Waals surface area contributed by atoms with Gasteiger partial charge >= 0.3 is 6.01 Å². The zero-order valence-electron chi connectivity index (χ0n) is 23.6. The second-order valence-corrected chi connectivity index (χ2v) is 13.2. The molecule has 8 nitrogen and oxygen atoms in total. The molecule has 3 aliphatic heterocycles. The summed E-state index contributed by atoms with van der Waals surface area (Å²) in [5.41, 5.74) is 0.920. The first-order chi connectivity index (χ1) is 20.3. The van der Waals surface area contributed by atoms with E-state index in [2.05, 4.69) is 14.8 Å². The van der Waals surface area contributed by atoms with E-state index in [9.17, 15) is 9.50 Å². The van der Waals surface area contributed by atoms with Crippen molar-refractivity contribution < 1.29 is 23.4 Å². The molecule has 4 atom stereocenters. The van der Waals surface area contributed by atoms with E-state index in [0.717, 1.165) is 57.1 Å². The molecule has 2 saturated carbocycles. The number of aromatic hydroxyl groups is 1. The Morgan fingerprint density at radius 2 is 2.02 bits per heavy atom. The predicted octanol–water partition coefficient (Wildman–Crippen LogP) is 6.02. The van der Waals surface area contributed by atoms with E-state index in [-0.39, 0.29) is 58.9 Å². The first-order valence-corrected chi connectivity index (χ1v) is 15.5. The van der Waals surface area contributed by atoms with Gasteiger partial charge in [-0.15, -0.1) is 0 Å². The van der Waals surface area contributed by atoms with Crippen molar-refractivity contribution in [3.63, 3.8) is 0 Å². The van der Waals surface area contributed by atoms with E-state index in [1.54, 1.807) is 0 Å². The Hall–Kier alpha value is -2.98. The Balaban J connectivity index is 1.29. The SMILES string of the molecule is CN1c2nc(OC[C@@]34CCCN3C[C@H](F)C4)nc3c(F)c(-c4cc(O)cc(Cl)c4C4CC4)nc(c23)OCC2CCCC21. The van der Waals surface area contributed by atoms with Gasteiger partial charge in [0, 0.05) is 42.6 Å². The topological polar surface area (TPSA) is 83.8 Å². The van der Waals surface area contributed by atoms with Gasteiger partial charge in [0.2, 0.25) is 5.88 Å². The van der Waals surface area contributed by atoms with Gasteiger partial charge in [-0.25, -0.2) is 13.8 Å². The van der Waals surface area contributed by atoms with Crippen LogP contribution in [-0.2, 0) is 0 Å². The van der Waals surface area contributed by atoms with Gasteiger partial charge in [0.25, 0.3) is 0 Å². The first-order valence-electron chi connectivity index (χ1n) is 15.1. The Bertz CT molecular complexity index is 1590. The molecular formula is C31H34ClF2N5O3. The predicted molar refractivity (Wildman–Crippen MR) is 155 cm³/mol. The van der Waals surface area contributed by atoms with Gasteiger partial charge in [0.05, 0.1) is 12.1 Å². The lowest BCUT2D eigenvalue weighted by Crippen LogP contribution is -2.43. The van der Waals surface area contributed by atoms with Crippen molar-refractivity contribution in [2.75, 3.05) is 38.3 Å². The van der Waals surface area contributed by atoms with Crippen LogP contribution in [0.25, 0.3) is 22.2 Å². The lowest BCUT2D eigenvalue weighted by atomic mass is 9.95. The van der Waals surface area contributed by atoms with Crippen LogP contribution < -0.4 is 14.4 Å². The molecule has 4 fully saturated rings. The van der Waals surface area contributed by atoms with Gasteiger partial charge in [-0.3, -0.25) is 4.90 Å². The number of aromatic nitrogens is 3. The van der Waals surface area contributed by atoms with Crippen LogP contribution in [0.4, 0.5) is 14.6 Å². The van der Waals surface area contributed by atoms with Gasteiger partial charge < -0.3 is 19.5 Å². The number of halogens is 3. The number of phenolic OH excluding ortho intramolecular Hbond substituents is 1. The standard InChI is InChI=1S/C31H34ClF2N5O3/c1-38-22-5-2-4-17(22)14-41-29-24-27(25(34)26(35-29)20-10-19(40)11-21(32)23(20)16-6-7-16)36-30(37-28(24)38)42-15-31-8-3-9-39(31)13-18(33)12-31/h10-11,16-18,22,40H,2-9,12-15H2,1H3/t17?,18-,22?,31+/m1/s1. The van der Waals surface area contributed by atoms with Crippen LogP contribution in [0.5, 0.6) is 17.6 Å². The van der Waals surface area contributed by atoms with Crippen LogP contribution in [-0.4, -0.2) is 76.1 Å². The summed E-state index contributed by atoms with van der Waals surface area (Å²) in [6.45, 7) is 1.96. The van der Waals surface area contributed by atoms with E-state index in [1.165, 1.54) is 12.1 Å². The molecule has 2 aliphatic carbocycles. The van der Waals surface area contributed by atoms with Crippen molar-refractivity contribution in [3.8, 4) is 28.9 Å². The maximum absolute atomic E-state index is 16.8. The van der Waals surface area contributed by atoms with Crippen LogP contribution in [0.15, 0.2) is 12.1 Å². The maximum Gasteiger partial charge on any atom is 0.319 e. The molecule has 1 N–H and O–H groups in total. The summed E-state index contributed by atoms with van der Waals surface area (Å²) in [6.07, 6.45) is 6.32. The molecule has 5 heterocycles. The van der Waals surface area contributed by atoms with Gasteiger partial charge in [-0.1, -0.05) is 18.0 Å². The number of nitrogens with zero attached hydrogens (tertiary/aromatic N) is 5. The highest BCUT2D eigenvalue weighted by molar-refractivity contribution is 6.32. The maximum atomic E-state index is 16.8. The minimum absolute atomic E-state index is 0.0376. The molecule has 8 rings (SSSR count). The molecule has 0 spiro atoms. The number of phenols is 1. The molecule has 1 aromatic carbocycles. The lowest BCUT2D eigenvalue weighted by molar-refractivity contribution is 0.107. The molecule has 5 aliphatic rings. The number of rotatable bonds is 5. The van der Waals surface area contributed by atoms with Crippen molar-refractivity contribution in [1.82, 2.24) is 19.9 Å². The quantitative estimate of drug-likeness (QED) is 0.382. The minimum atomic E-state index is -0.883. The van der Waals surface area contributed by atoms with Gasteiger partial charge in [0.15, 0.2) is 5.82 Å². The van der Waals surface area contributed by atoms with Crippen LogP contribution in [0.3, 0.4) is 0 Å². The summed E-state index contributed by atoms with van der Waals surface area (Å²) < 4.78 is 43.8. The fourth-order valence-corrected chi connectivity index (χ4v) is 8.37. The molecule has 0 radical (unpaired) electrons. The van der Waals surface area contributed by atoms with E-state index in [0.29, 0.717) is 41.4 Å². The first kappa shape index (κ1) is 26.6. The molecular weight excluding hydrogens is 564 g/mol. The summed E-state index contributed by atoms with van der Waals surface area (Å²) in [6, 6.07) is 3.25. The second-order valence-electron chi connectivity index (χ2n) is 12.8. The highest BCUT2D eigenvalue weighted by Crippen LogP contribution is 2.50. The molecule has 0 bridgehead atoms. The molecule has 42 heavy (non-hydrogen) atoms. The molecule has 2 aromatic heterocycles. The fraction of sp³-hybridized carbons (Fsp3) is 0.581. The smallest absolute Gasteiger partial charge is 0.319 e. The van der Waals surface area contributed by atoms with E-state index >= 15 is 4.39 Å². The third-order valence-corrected chi connectivity index (χ3v) is 10.5. The van der Waals surface area contributed by atoms with Crippen LogP contribution >= 0.6 is 11.6 Å². The normalized spacial score (nSPS) is 28.9. The second kappa shape index (κ2) is 9.77. The van der Waals surface area contributed by atoms with Crippen LogP contribution in [0.1, 0.15) is 62.8 Å². The molecule has 3 aromatic rings. The molecule has 2 unspecified atom stereocenters. The molecule has 222 valence electrons. The largest absolute Gasteiger partial charge is 0.508 e.